The van der Waals surface area contributed by atoms with Gasteiger partial charge in [0.1, 0.15) is 17.4 Å². The summed E-state index contributed by atoms with van der Waals surface area (Å²) >= 11 is 0. The summed E-state index contributed by atoms with van der Waals surface area (Å²) < 4.78 is 5.11. The van der Waals surface area contributed by atoms with Crippen molar-refractivity contribution in [1.29, 1.82) is 0 Å². The van der Waals surface area contributed by atoms with Crippen LogP contribution < -0.4 is 4.74 Å². The smallest absolute Gasteiger partial charge is 0.317 e. The van der Waals surface area contributed by atoms with Gasteiger partial charge in [0, 0.05) is 5.56 Å². The molecule has 22 heavy (non-hydrogen) atoms. The summed E-state index contributed by atoms with van der Waals surface area (Å²) in [7, 11) is 1.58. The lowest BCUT2D eigenvalue weighted by atomic mass is 9.89. The third-order valence-corrected chi connectivity index (χ3v) is 3.64. The van der Waals surface area contributed by atoms with Crippen molar-refractivity contribution >= 4 is 11.7 Å². The first-order valence-electron chi connectivity index (χ1n) is 6.86. The zero-order valence-corrected chi connectivity index (χ0v) is 12.0. The van der Waals surface area contributed by atoms with Crippen LogP contribution in [0.3, 0.4) is 0 Å². The van der Waals surface area contributed by atoms with E-state index in [-0.39, 0.29) is 0 Å². The van der Waals surface area contributed by atoms with Gasteiger partial charge in [0.15, 0.2) is 6.10 Å². The van der Waals surface area contributed by atoms with E-state index in [2.05, 4.69) is 5.16 Å². The number of nitrogens with zero attached hydrogens (tertiary/aromatic N) is 1. The fraction of sp³-hybridized carbons (Fsp3) is 0.176. The van der Waals surface area contributed by atoms with Crippen molar-refractivity contribution in [3.05, 3.63) is 65.7 Å². The molecular formula is C17H15NO4. The van der Waals surface area contributed by atoms with E-state index in [0.717, 1.165) is 11.1 Å². The molecule has 0 aromatic heterocycles. The highest BCUT2D eigenvalue weighted by atomic mass is 16.6. The predicted octanol–water partition coefficient (Wildman–Crippen LogP) is 2.87. The van der Waals surface area contributed by atoms with Gasteiger partial charge in [-0.05, 0) is 17.7 Å². The first-order valence-corrected chi connectivity index (χ1v) is 6.86. The molecule has 1 heterocycles. The summed E-state index contributed by atoms with van der Waals surface area (Å²) in [5.41, 5.74) is 1.95. The van der Waals surface area contributed by atoms with E-state index in [1.54, 1.807) is 31.4 Å². The number of benzene rings is 2. The van der Waals surface area contributed by atoms with Crippen LogP contribution in [-0.2, 0) is 9.63 Å². The second kappa shape index (κ2) is 5.89. The molecule has 0 unspecified atom stereocenters. The maximum atomic E-state index is 11.7. The summed E-state index contributed by atoms with van der Waals surface area (Å²) in [6.45, 7) is 0. The van der Waals surface area contributed by atoms with E-state index in [1.165, 1.54) is 0 Å². The molecular weight excluding hydrogens is 282 g/mol. The van der Waals surface area contributed by atoms with Crippen molar-refractivity contribution in [3.8, 4) is 5.75 Å². The Morgan fingerprint density at radius 3 is 2.41 bits per heavy atom. The largest absolute Gasteiger partial charge is 0.497 e. The Hall–Kier alpha value is -2.82. The number of methoxy groups -OCH3 is 1. The molecule has 2 aromatic rings. The molecule has 2 aromatic carbocycles. The third-order valence-electron chi connectivity index (χ3n) is 3.64. The van der Waals surface area contributed by atoms with E-state index < -0.39 is 18.0 Å². The second-order valence-electron chi connectivity index (χ2n) is 4.96. The molecule has 1 aliphatic heterocycles. The van der Waals surface area contributed by atoms with E-state index in [9.17, 15) is 9.90 Å². The molecule has 0 aliphatic carbocycles. The lowest BCUT2D eigenvalue weighted by molar-refractivity contribution is -0.142. The van der Waals surface area contributed by atoms with Crippen LogP contribution in [0.25, 0.3) is 0 Å². The van der Waals surface area contributed by atoms with Gasteiger partial charge < -0.3 is 14.7 Å². The SMILES string of the molecule is COc1ccc([C@H]2ON=C(c3ccccc3)[C@@H]2C(=O)O)cc1. The Labute approximate surface area is 127 Å². The van der Waals surface area contributed by atoms with Crippen molar-refractivity contribution in [3.63, 3.8) is 0 Å². The number of ether oxygens (including phenoxy) is 1. The van der Waals surface area contributed by atoms with E-state index in [0.29, 0.717) is 11.5 Å². The number of carbonyl (C=O) groups is 1. The lowest BCUT2D eigenvalue weighted by Crippen LogP contribution is -2.26. The van der Waals surface area contributed by atoms with Gasteiger partial charge >= 0.3 is 5.97 Å². The zero-order valence-electron chi connectivity index (χ0n) is 12.0. The first-order chi connectivity index (χ1) is 10.7. The first kappa shape index (κ1) is 14.1. The molecule has 0 fully saturated rings. The third kappa shape index (κ3) is 2.53. The average molecular weight is 297 g/mol. The highest BCUT2D eigenvalue weighted by molar-refractivity contribution is 6.12. The van der Waals surface area contributed by atoms with E-state index in [1.807, 2.05) is 30.3 Å². The van der Waals surface area contributed by atoms with Gasteiger partial charge in [-0.15, -0.1) is 0 Å². The summed E-state index contributed by atoms with van der Waals surface area (Å²) in [6.07, 6.45) is -0.640. The maximum Gasteiger partial charge on any atom is 0.317 e. The molecule has 3 rings (SSSR count). The van der Waals surface area contributed by atoms with Crippen LogP contribution >= 0.6 is 0 Å². The minimum atomic E-state index is -0.957. The molecule has 1 aliphatic rings. The predicted molar refractivity (Wildman–Crippen MR) is 80.9 cm³/mol. The summed E-state index contributed by atoms with van der Waals surface area (Å²) in [5.74, 6) is -1.09. The molecule has 0 radical (unpaired) electrons. The monoisotopic (exact) mass is 297 g/mol. The van der Waals surface area contributed by atoms with Crippen LogP contribution in [0, 0.1) is 5.92 Å². The van der Waals surface area contributed by atoms with Crippen LogP contribution in [0.4, 0.5) is 0 Å². The van der Waals surface area contributed by atoms with Crippen LogP contribution in [0.2, 0.25) is 0 Å². The average Bonchev–Trinajstić information content (AvgIpc) is 3.01. The molecule has 0 saturated carbocycles. The Bertz CT molecular complexity index is 694. The molecule has 5 heteroatoms. The van der Waals surface area contributed by atoms with Crippen molar-refractivity contribution < 1.29 is 19.5 Å². The number of hydrogen-bond acceptors (Lipinski definition) is 4. The normalized spacial score (nSPS) is 20.1. The number of hydrogen-bond donors (Lipinski definition) is 1. The van der Waals surface area contributed by atoms with Crippen LogP contribution in [0.5, 0.6) is 5.75 Å². The van der Waals surface area contributed by atoms with Gasteiger partial charge in [-0.3, -0.25) is 4.79 Å². The number of carboxylic acid groups (broad SMARTS) is 1. The van der Waals surface area contributed by atoms with E-state index >= 15 is 0 Å². The number of aliphatic carboxylic acids is 1. The molecule has 1 N–H and O–H groups in total. The molecule has 2 atom stereocenters. The summed E-state index contributed by atoms with van der Waals surface area (Å²) in [6, 6.07) is 16.4. The molecule has 0 bridgehead atoms. The van der Waals surface area contributed by atoms with Gasteiger partial charge in [0.2, 0.25) is 0 Å². The summed E-state index contributed by atoms with van der Waals surface area (Å²) in [4.78, 5) is 17.1. The van der Waals surface area contributed by atoms with Crippen LogP contribution in [0.1, 0.15) is 17.2 Å². The standard InChI is InChI=1S/C17H15NO4/c1-21-13-9-7-12(8-10-13)16-14(17(19)20)15(18-22-16)11-5-3-2-4-6-11/h2-10,14,16H,1H3,(H,19,20)/t14-,16+/m0/s1. The molecule has 5 nitrogen and oxygen atoms in total. The topological polar surface area (TPSA) is 68.1 Å². The molecule has 0 amide bonds. The van der Waals surface area contributed by atoms with Crippen LogP contribution in [0.15, 0.2) is 59.8 Å². The lowest BCUT2D eigenvalue weighted by Gasteiger charge is -2.15. The highest BCUT2D eigenvalue weighted by Crippen LogP contribution is 2.35. The fourth-order valence-electron chi connectivity index (χ4n) is 2.51. The molecule has 0 spiro atoms. The zero-order chi connectivity index (χ0) is 15.5. The number of carboxylic acids is 1. The minimum Gasteiger partial charge on any atom is -0.497 e. The Morgan fingerprint density at radius 1 is 1.14 bits per heavy atom. The molecule has 0 saturated heterocycles. The Kier molecular flexibility index (Phi) is 3.78. The fourth-order valence-corrected chi connectivity index (χ4v) is 2.51. The minimum absolute atomic E-state index is 0.439. The van der Waals surface area contributed by atoms with Gasteiger partial charge in [0.05, 0.1) is 7.11 Å². The Morgan fingerprint density at radius 2 is 1.82 bits per heavy atom. The highest BCUT2D eigenvalue weighted by Gasteiger charge is 2.41. The van der Waals surface area contributed by atoms with Crippen molar-refractivity contribution in [2.45, 2.75) is 6.10 Å². The Balaban J connectivity index is 1.92. The quantitative estimate of drug-likeness (QED) is 0.942. The van der Waals surface area contributed by atoms with Gasteiger partial charge in [-0.1, -0.05) is 47.6 Å². The van der Waals surface area contributed by atoms with Gasteiger partial charge in [-0.25, -0.2) is 0 Å². The number of rotatable bonds is 4. The van der Waals surface area contributed by atoms with Crippen molar-refractivity contribution in [2.75, 3.05) is 7.11 Å². The van der Waals surface area contributed by atoms with Crippen molar-refractivity contribution in [2.24, 2.45) is 11.1 Å². The molecule has 112 valence electrons. The van der Waals surface area contributed by atoms with E-state index in [4.69, 9.17) is 9.57 Å². The van der Waals surface area contributed by atoms with Gasteiger partial charge in [0.25, 0.3) is 0 Å². The van der Waals surface area contributed by atoms with Crippen molar-refractivity contribution in [1.82, 2.24) is 0 Å². The summed E-state index contributed by atoms with van der Waals surface area (Å²) in [5, 5.41) is 13.6. The second-order valence-corrected chi connectivity index (χ2v) is 4.96. The number of oxime groups is 1. The van der Waals surface area contributed by atoms with Gasteiger partial charge in [-0.2, -0.15) is 0 Å². The maximum absolute atomic E-state index is 11.7. The van der Waals surface area contributed by atoms with Crippen LogP contribution in [-0.4, -0.2) is 23.9 Å².